The van der Waals surface area contributed by atoms with Crippen molar-refractivity contribution in [1.82, 2.24) is 0 Å². The Balaban J connectivity index is 1.66. The van der Waals surface area contributed by atoms with Gasteiger partial charge in [0.25, 0.3) is 0 Å². The number of epoxide rings is 1. The first-order valence-electron chi connectivity index (χ1n) is 10.4. The Kier molecular flexibility index (Phi) is 9.29. The lowest BCUT2D eigenvalue weighted by Crippen LogP contribution is -2.33. The average molecular weight is 546 g/mol. The van der Waals surface area contributed by atoms with Crippen LogP contribution in [-0.4, -0.2) is 50.4 Å². The van der Waals surface area contributed by atoms with Crippen LogP contribution >= 0.6 is 22.6 Å². The summed E-state index contributed by atoms with van der Waals surface area (Å²) in [5.74, 6) is -1.06. The monoisotopic (exact) mass is 546 g/mol. The molecule has 0 spiro atoms. The van der Waals surface area contributed by atoms with Gasteiger partial charge in [0.15, 0.2) is 0 Å². The second-order valence-corrected chi connectivity index (χ2v) is 10.2. The number of carbonyl (C=O) groups excluding carboxylic acids is 3. The first kappa shape index (κ1) is 25.6. The van der Waals surface area contributed by atoms with E-state index in [-0.39, 0.29) is 44.3 Å². The predicted molar refractivity (Wildman–Crippen MR) is 122 cm³/mol. The number of esters is 3. The Hall–Kier alpha value is -1.68. The van der Waals surface area contributed by atoms with Crippen molar-refractivity contribution >= 4 is 40.5 Å². The molecule has 1 saturated heterocycles. The number of hydrogen-bond donors (Lipinski definition) is 0. The van der Waals surface area contributed by atoms with Crippen LogP contribution in [0, 0.1) is 14.4 Å². The number of halogens is 1. The number of ether oxygens (including phenoxy) is 4. The highest BCUT2D eigenvalue weighted by Gasteiger charge is 2.37. The summed E-state index contributed by atoms with van der Waals surface area (Å²) in [6, 6.07) is 7.61. The van der Waals surface area contributed by atoms with E-state index in [4.69, 9.17) is 18.9 Å². The lowest BCUT2D eigenvalue weighted by atomic mass is 9.79. The quantitative estimate of drug-likeness (QED) is 0.130. The molecule has 0 radical (unpaired) electrons. The molecule has 1 atom stereocenters. The number of rotatable bonds is 12. The predicted octanol–water partition coefficient (Wildman–Crippen LogP) is 3.69. The topological polar surface area (TPSA) is 91.4 Å². The summed E-state index contributed by atoms with van der Waals surface area (Å²) in [6.45, 7) is 8.06. The van der Waals surface area contributed by atoms with Gasteiger partial charge in [-0.1, -0.05) is 12.1 Å². The Labute approximate surface area is 197 Å². The van der Waals surface area contributed by atoms with Gasteiger partial charge in [-0.2, -0.15) is 0 Å². The summed E-state index contributed by atoms with van der Waals surface area (Å²) in [4.78, 5) is 36.6. The van der Waals surface area contributed by atoms with E-state index in [1.807, 2.05) is 24.3 Å². The van der Waals surface area contributed by atoms with Crippen LogP contribution in [0.2, 0.25) is 0 Å². The summed E-state index contributed by atoms with van der Waals surface area (Å²) >= 11 is 2.20. The fraction of sp³-hybridized carbons (Fsp3) is 0.609. The first-order valence-corrected chi connectivity index (χ1v) is 11.4. The minimum Gasteiger partial charge on any atom is -0.462 e. The van der Waals surface area contributed by atoms with Crippen LogP contribution < -0.4 is 0 Å². The maximum atomic E-state index is 12.4. The summed E-state index contributed by atoms with van der Waals surface area (Å²) in [5.41, 5.74) is -0.617. The fourth-order valence-electron chi connectivity index (χ4n) is 2.66. The highest BCUT2D eigenvalue weighted by atomic mass is 127. The zero-order chi connectivity index (χ0) is 23.1. The van der Waals surface area contributed by atoms with Gasteiger partial charge in [0.2, 0.25) is 0 Å². The molecule has 0 aliphatic carbocycles. The van der Waals surface area contributed by atoms with E-state index < -0.39 is 16.8 Å². The fourth-order valence-corrected chi connectivity index (χ4v) is 3.02. The Bertz CT molecular complexity index is 767. The van der Waals surface area contributed by atoms with Crippen molar-refractivity contribution in [3.8, 4) is 0 Å². The molecule has 7 nitrogen and oxygen atoms in total. The highest BCUT2D eigenvalue weighted by Crippen LogP contribution is 2.33. The molecule has 1 aromatic carbocycles. The SMILES string of the molecule is CC(C)(CCC(C)(C)C(=O)OCC1CO1)C(=O)OCCOC(=O)Cc1ccc(I)cc1. The van der Waals surface area contributed by atoms with Crippen LogP contribution in [0.4, 0.5) is 0 Å². The highest BCUT2D eigenvalue weighted by molar-refractivity contribution is 14.1. The minimum atomic E-state index is -0.775. The van der Waals surface area contributed by atoms with Gasteiger partial charge in [-0.05, 0) is 80.8 Å². The minimum absolute atomic E-state index is 0.00603. The molecule has 1 aromatic rings. The van der Waals surface area contributed by atoms with Crippen LogP contribution in [0.25, 0.3) is 0 Å². The number of carbonyl (C=O) groups is 3. The molecule has 172 valence electrons. The Morgan fingerprint density at radius 1 is 0.935 bits per heavy atom. The van der Waals surface area contributed by atoms with Crippen LogP contribution in [0.15, 0.2) is 24.3 Å². The molecular formula is C23H31IO7. The molecule has 0 saturated carbocycles. The van der Waals surface area contributed by atoms with Gasteiger partial charge in [-0.25, -0.2) is 0 Å². The van der Waals surface area contributed by atoms with E-state index in [0.717, 1.165) is 9.13 Å². The molecule has 1 aliphatic heterocycles. The van der Waals surface area contributed by atoms with Crippen LogP contribution in [0.1, 0.15) is 46.1 Å². The Morgan fingerprint density at radius 2 is 1.45 bits per heavy atom. The second-order valence-electron chi connectivity index (χ2n) is 8.98. The smallest absolute Gasteiger partial charge is 0.311 e. The first-order chi connectivity index (χ1) is 14.5. The maximum absolute atomic E-state index is 12.4. The van der Waals surface area contributed by atoms with Gasteiger partial charge in [0.05, 0.1) is 23.9 Å². The number of benzene rings is 1. The molecule has 1 aliphatic rings. The van der Waals surface area contributed by atoms with Crippen LogP contribution in [-0.2, 0) is 39.8 Å². The molecule has 0 aromatic heterocycles. The molecule has 31 heavy (non-hydrogen) atoms. The van der Waals surface area contributed by atoms with Gasteiger partial charge >= 0.3 is 17.9 Å². The molecule has 8 heteroatoms. The van der Waals surface area contributed by atoms with E-state index in [0.29, 0.717) is 19.4 Å². The van der Waals surface area contributed by atoms with E-state index in [1.54, 1.807) is 27.7 Å². The van der Waals surface area contributed by atoms with Crippen molar-refractivity contribution in [3.05, 3.63) is 33.4 Å². The number of hydrogen-bond acceptors (Lipinski definition) is 7. The average Bonchev–Trinajstić information content (AvgIpc) is 3.54. The van der Waals surface area contributed by atoms with Crippen molar-refractivity contribution < 1.29 is 33.3 Å². The Morgan fingerprint density at radius 3 is 2.00 bits per heavy atom. The normalized spacial score (nSPS) is 15.8. The molecule has 0 amide bonds. The third-order valence-corrected chi connectivity index (χ3v) is 5.84. The molecule has 2 rings (SSSR count). The molecule has 1 fully saturated rings. The van der Waals surface area contributed by atoms with E-state index in [9.17, 15) is 14.4 Å². The van der Waals surface area contributed by atoms with E-state index in [1.165, 1.54) is 0 Å². The van der Waals surface area contributed by atoms with Crippen molar-refractivity contribution in [1.29, 1.82) is 0 Å². The van der Waals surface area contributed by atoms with Crippen molar-refractivity contribution in [2.75, 3.05) is 26.4 Å². The van der Waals surface area contributed by atoms with Crippen molar-refractivity contribution in [2.24, 2.45) is 10.8 Å². The van der Waals surface area contributed by atoms with Gasteiger partial charge in [-0.3, -0.25) is 14.4 Å². The molecule has 0 N–H and O–H groups in total. The zero-order valence-electron chi connectivity index (χ0n) is 18.6. The van der Waals surface area contributed by atoms with Gasteiger partial charge in [-0.15, -0.1) is 0 Å². The second kappa shape index (κ2) is 11.3. The molecule has 1 heterocycles. The maximum Gasteiger partial charge on any atom is 0.311 e. The van der Waals surface area contributed by atoms with Gasteiger partial charge < -0.3 is 18.9 Å². The molecule has 1 unspecified atom stereocenters. The lowest BCUT2D eigenvalue weighted by molar-refractivity contribution is -0.161. The summed E-state index contributed by atoms with van der Waals surface area (Å²) < 4.78 is 21.8. The standard InChI is InChI=1S/C23H31IO7/c1-22(2,9-10-23(3,4)21(27)31-15-18-14-30-18)20(26)29-12-11-28-19(25)13-16-5-7-17(24)8-6-16/h5-8,18H,9-15H2,1-4H3. The van der Waals surface area contributed by atoms with Crippen LogP contribution in [0.3, 0.4) is 0 Å². The third kappa shape index (κ3) is 9.14. The zero-order valence-corrected chi connectivity index (χ0v) is 20.7. The molecule has 0 bridgehead atoms. The summed E-state index contributed by atoms with van der Waals surface area (Å²) in [5, 5.41) is 0. The van der Waals surface area contributed by atoms with Gasteiger partial charge in [0.1, 0.15) is 25.9 Å². The van der Waals surface area contributed by atoms with Gasteiger partial charge in [0, 0.05) is 3.57 Å². The molecular weight excluding hydrogens is 515 g/mol. The van der Waals surface area contributed by atoms with Crippen molar-refractivity contribution in [3.63, 3.8) is 0 Å². The summed E-state index contributed by atoms with van der Waals surface area (Å²) in [7, 11) is 0. The van der Waals surface area contributed by atoms with E-state index >= 15 is 0 Å². The van der Waals surface area contributed by atoms with Crippen molar-refractivity contribution in [2.45, 2.75) is 53.1 Å². The summed E-state index contributed by atoms with van der Waals surface area (Å²) in [6.07, 6.45) is 1.14. The lowest BCUT2D eigenvalue weighted by Gasteiger charge is -2.28. The van der Waals surface area contributed by atoms with Crippen LogP contribution in [0.5, 0.6) is 0 Å². The van der Waals surface area contributed by atoms with E-state index in [2.05, 4.69) is 22.6 Å². The largest absolute Gasteiger partial charge is 0.462 e. The third-order valence-electron chi connectivity index (χ3n) is 5.12.